The van der Waals surface area contributed by atoms with Gasteiger partial charge in [-0.05, 0) is 25.5 Å². The number of aromatic nitrogens is 2. The summed E-state index contributed by atoms with van der Waals surface area (Å²) >= 11 is 0. The van der Waals surface area contributed by atoms with Gasteiger partial charge in [0.05, 0.1) is 37.4 Å². The molecule has 0 bridgehead atoms. The van der Waals surface area contributed by atoms with Gasteiger partial charge in [0.2, 0.25) is 5.91 Å². The molecule has 0 radical (unpaired) electrons. The number of unbranched alkanes of at least 4 members (excludes halogenated alkanes) is 4. The highest BCUT2D eigenvalue weighted by Gasteiger charge is 2.37. The number of nitrogens with zero attached hydrogens (tertiary/aromatic N) is 2. The van der Waals surface area contributed by atoms with E-state index in [2.05, 4.69) is 10.3 Å². The highest BCUT2D eigenvalue weighted by Crippen LogP contribution is 2.40. The molecule has 1 aromatic rings. The minimum Gasteiger partial charge on any atom is -0.390 e. The molecular formula is C22H35N6O8P. The lowest BCUT2D eigenvalue weighted by atomic mass is 10.1. The summed E-state index contributed by atoms with van der Waals surface area (Å²) in [6, 6.07) is 1.81. The van der Waals surface area contributed by atoms with Gasteiger partial charge in [-0.25, -0.2) is 14.9 Å². The Balaban J connectivity index is 1.94. The van der Waals surface area contributed by atoms with E-state index in [1.165, 1.54) is 18.3 Å². The first-order valence-corrected chi connectivity index (χ1v) is 13.7. The minimum atomic E-state index is -3.96. The van der Waals surface area contributed by atoms with Gasteiger partial charge in [-0.1, -0.05) is 19.3 Å². The Bertz CT molecular complexity index is 1110. The Kier molecular flexibility index (Phi) is 12.9. The predicted molar refractivity (Wildman–Crippen MR) is 134 cm³/mol. The van der Waals surface area contributed by atoms with Crippen LogP contribution in [0.2, 0.25) is 0 Å². The maximum absolute atomic E-state index is 12.4. The number of hydrogen-bond acceptors (Lipinski definition) is 10. The van der Waals surface area contributed by atoms with E-state index in [1.807, 2.05) is 0 Å². The zero-order chi connectivity index (χ0) is 27.3. The Morgan fingerprint density at radius 1 is 1.32 bits per heavy atom. The SMILES string of the molecule is N#CCCOP(N)(=O)OC[C@H]1O[C@@H](n2cc(/C=C/C(=O)NCCCCCCCN)c(=O)[nH]c2=O)C[C@@H]1O. The molecule has 37 heavy (non-hydrogen) atoms. The Morgan fingerprint density at radius 3 is 2.78 bits per heavy atom. The van der Waals surface area contributed by atoms with Crippen LogP contribution in [0.3, 0.4) is 0 Å². The van der Waals surface area contributed by atoms with Crippen molar-refractivity contribution in [2.24, 2.45) is 11.2 Å². The third-order valence-electron chi connectivity index (χ3n) is 5.51. The molecule has 1 aliphatic heterocycles. The first-order chi connectivity index (χ1) is 17.7. The van der Waals surface area contributed by atoms with Crippen molar-refractivity contribution in [1.29, 1.82) is 5.26 Å². The van der Waals surface area contributed by atoms with E-state index >= 15 is 0 Å². The van der Waals surface area contributed by atoms with E-state index < -0.39 is 44.0 Å². The molecule has 1 amide bonds. The minimum absolute atomic E-state index is 0.0287. The topological polar surface area (TPSA) is 225 Å². The Labute approximate surface area is 214 Å². The number of nitrogens with one attached hydrogen (secondary N) is 2. The van der Waals surface area contributed by atoms with Gasteiger partial charge in [0.15, 0.2) is 0 Å². The van der Waals surface area contributed by atoms with Crippen molar-refractivity contribution in [2.75, 3.05) is 26.3 Å². The summed E-state index contributed by atoms with van der Waals surface area (Å²) in [7, 11) is -3.96. The summed E-state index contributed by atoms with van der Waals surface area (Å²) < 4.78 is 28.6. The second kappa shape index (κ2) is 15.6. The van der Waals surface area contributed by atoms with Crippen LogP contribution >= 0.6 is 7.75 Å². The lowest BCUT2D eigenvalue weighted by Gasteiger charge is -2.18. The van der Waals surface area contributed by atoms with E-state index in [1.54, 1.807) is 6.07 Å². The molecule has 1 aromatic heterocycles. The average molecular weight is 543 g/mol. The van der Waals surface area contributed by atoms with E-state index in [4.69, 9.17) is 30.3 Å². The number of rotatable bonds is 16. The number of carbonyl (C=O) groups excluding carboxylic acids is 1. The molecule has 7 N–H and O–H groups in total. The van der Waals surface area contributed by atoms with Crippen molar-refractivity contribution < 1.29 is 28.3 Å². The van der Waals surface area contributed by atoms with Gasteiger partial charge in [-0.2, -0.15) is 5.26 Å². The van der Waals surface area contributed by atoms with E-state index in [0.717, 1.165) is 36.7 Å². The van der Waals surface area contributed by atoms with Gasteiger partial charge in [0, 0.05) is 25.2 Å². The standard InChI is InChI=1S/C22H35N6O8P/c23-9-4-2-1-3-5-11-26-19(30)8-7-16-14-28(22(32)27-21(16)31)20-13-17(29)18(36-20)15-35-37(25,33)34-12-6-10-24/h7-8,14,17-18,20,29H,1-6,9,11-13,15,23H2,(H2,25,33)(H,26,30)(H,27,31,32)/b8-7+/t17-,18+,20+,37?/m0/s1. The van der Waals surface area contributed by atoms with Crippen LogP contribution in [-0.4, -0.2) is 59.1 Å². The van der Waals surface area contributed by atoms with Crippen LogP contribution in [0.4, 0.5) is 0 Å². The first kappa shape index (κ1) is 30.6. The van der Waals surface area contributed by atoms with Crippen molar-refractivity contribution in [3.8, 4) is 6.07 Å². The first-order valence-electron chi connectivity index (χ1n) is 12.1. The Morgan fingerprint density at radius 2 is 2.05 bits per heavy atom. The maximum Gasteiger partial charge on any atom is 0.402 e. The van der Waals surface area contributed by atoms with Gasteiger partial charge in [0.1, 0.15) is 12.3 Å². The molecule has 14 nitrogen and oxygen atoms in total. The number of amides is 1. The molecule has 1 saturated heterocycles. The molecule has 206 valence electrons. The number of ether oxygens (including phenoxy) is 1. The summed E-state index contributed by atoms with van der Waals surface area (Å²) in [6.45, 7) is 0.597. The maximum atomic E-state index is 12.4. The van der Waals surface area contributed by atoms with Gasteiger partial charge in [0.25, 0.3) is 5.56 Å². The fourth-order valence-electron chi connectivity index (χ4n) is 3.54. The van der Waals surface area contributed by atoms with Crippen LogP contribution in [0.5, 0.6) is 0 Å². The second-order valence-corrected chi connectivity index (χ2v) is 10.0. The van der Waals surface area contributed by atoms with Crippen LogP contribution in [-0.2, 0) is 23.1 Å². The molecular weight excluding hydrogens is 507 g/mol. The molecule has 2 heterocycles. The molecule has 1 aliphatic rings. The molecule has 0 spiro atoms. The van der Waals surface area contributed by atoms with Crippen LogP contribution in [0, 0.1) is 11.3 Å². The summed E-state index contributed by atoms with van der Waals surface area (Å²) in [5.74, 6) is -0.382. The summed E-state index contributed by atoms with van der Waals surface area (Å²) in [4.78, 5) is 38.8. The number of aliphatic hydroxyl groups is 1. The van der Waals surface area contributed by atoms with Crippen molar-refractivity contribution in [2.45, 2.75) is 63.4 Å². The Hall–Kier alpha value is -2.63. The van der Waals surface area contributed by atoms with Crippen LogP contribution in [0.15, 0.2) is 21.9 Å². The average Bonchev–Trinajstić information content (AvgIpc) is 3.22. The lowest BCUT2D eigenvalue weighted by Crippen LogP contribution is -2.33. The van der Waals surface area contributed by atoms with Gasteiger partial charge >= 0.3 is 13.4 Å². The van der Waals surface area contributed by atoms with Gasteiger partial charge in [-0.3, -0.25) is 28.2 Å². The molecule has 15 heteroatoms. The van der Waals surface area contributed by atoms with Crippen molar-refractivity contribution >= 4 is 19.7 Å². The van der Waals surface area contributed by atoms with Gasteiger partial charge < -0.3 is 20.9 Å². The van der Waals surface area contributed by atoms with Crippen molar-refractivity contribution in [1.82, 2.24) is 14.9 Å². The number of carbonyl (C=O) groups is 1. The number of nitrogens with two attached hydrogens (primary N) is 2. The number of hydrogen-bond donors (Lipinski definition) is 5. The van der Waals surface area contributed by atoms with Crippen molar-refractivity contribution in [3.05, 3.63) is 38.7 Å². The summed E-state index contributed by atoms with van der Waals surface area (Å²) in [6.07, 6.45) is 5.49. The molecule has 4 atom stereocenters. The highest BCUT2D eigenvalue weighted by atomic mass is 31.2. The van der Waals surface area contributed by atoms with E-state index in [0.29, 0.717) is 13.1 Å². The summed E-state index contributed by atoms with van der Waals surface area (Å²) in [5, 5.41) is 21.5. The molecule has 0 saturated carbocycles. The quantitative estimate of drug-likeness (QED) is 0.108. The number of nitriles is 1. The molecule has 0 aromatic carbocycles. The van der Waals surface area contributed by atoms with Crippen LogP contribution < -0.4 is 27.8 Å². The summed E-state index contributed by atoms with van der Waals surface area (Å²) in [5.41, 5.74) is 9.45. The number of aliphatic hydroxyl groups excluding tert-OH is 1. The van der Waals surface area contributed by atoms with E-state index in [9.17, 15) is 24.1 Å². The number of H-pyrrole nitrogens is 1. The second-order valence-electron chi connectivity index (χ2n) is 8.44. The molecule has 0 aliphatic carbocycles. The van der Waals surface area contributed by atoms with Crippen LogP contribution in [0.1, 0.15) is 56.7 Å². The van der Waals surface area contributed by atoms with Crippen molar-refractivity contribution in [3.63, 3.8) is 0 Å². The largest absolute Gasteiger partial charge is 0.402 e. The monoisotopic (exact) mass is 542 g/mol. The fourth-order valence-corrected chi connectivity index (χ4v) is 4.31. The third kappa shape index (κ3) is 10.7. The third-order valence-corrected chi connectivity index (χ3v) is 6.56. The highest BCUT2D eigenvalue weighted by molar-refractivity contribution is 7.51. The molecule has 1 unspecified atom stereocenters. The molecule has 2 rings (SSSR count). The molecule has 1 fully saturated rings. The van der Waals surface area contributed by atoms with E-state index in [-0.39, 0.29) is 30.9 Å². The lowest BCUT2D eigenvalue weighted by molar-refractivity contribution is -0.116. The normalized spacial score (nSPS) is 21.1. The smallest absolute Gasteiger partial charge is 0.390 e. The van der Waals surface area contributed by atoms with Gasteiger partial charge in [-0.15, -0.1) is 0 Å². The number of aromatic amines is 1. The predicted octanol–water partition coefficient (Wildman–Crippen LogP) is 0.237. The zero-order valence-electron chi connectivity index (χ0n) is 20.5. The zero-order valence-corrected chi connectivity index (χ0v) is 21.4. The fraction of sp³-hybridized carbons (Fsp3) is 0.636. The van der Waals surface area contributed by atoms with Crippen LogP contribution in [0.25, 0.3) is 6.08 Å².